The summed E-state index contributed by atoms with van der Waals surface area (Å²) in [7, 11) is 0. The maximum absolute atomic E-state index is 12.7. The van der Waals surface area contributed by atoms with Crippen LogP contribution >= 0.6 is 0 Å². The molecule has 2 amide bonds. The van der Waals surface area contributed by atoms with Crippen LogP contribution in [0.15, 0.2) is 24.3 Å². The Hall–Kier alpha value is -2.08. The highest BCUT2D eigenvalue weighted by molar-refractivity contribution is 6.02. The molecule has 0 unspecified atom stereocenters. The lowest BCUT2D eigenvalue weighted by atomic mass is 10.0. The van der Waals surface area contributed by atoms with Crippen molar-refractivity contribution in [2.75, 3.05) is 18.4 Å². The van der Waals surface area contributed by atoms with Crippen molar-refractivity contribution in [2.45, 2.75) is 65.1 Å². The average Bonchev–Trinajstić information content (AvgIpc) is 2.54. The van der Waals surface area contributed by atoms with Gasteiger partial charge >= 0.3 is 6.09 Å². The lowest BCUT2D eigenvalue weighted by Gasteiger charge is -2.34. The fraction of sp³-hybridized carbons (Fsp3) is 0.600. The summed E-state index contributed by atoms with van der Waals surface area (Å²) in [5, 5.41) is 5.78. The standard InChI is InChI=1S/C20H31N3O3/c1-14(2)23-12-10-15(11-13-23)21-18(24)16-8-6-7-9-17(16)22-19(25)26-20(3,4)5/h6-9,14-15H,10-13H2,1-5H3,(H,21,24)(H,22,25). The van der Waals surface area contributed by atoms with E-state index in [9.17, 15) is 9.59 Å². The quantitative estimate of drug-likeness (QED) is 0.859. The number of nitrogens with one attached hydrogen (secondary N) is 2. The number of benzene rings is 1. The maximum Gasteiger partial charge on any atom is 0.412 e. The number of ether oxygens (including phenoxy) is 1. The molecule has 6 heteroatoms. The summed E-state index contributed by atoms with van der Waals surface area (Å²) in [6.07, 6.45) is 1.31. The second kappa shape index (κ2) is 8.54. The first kappa shape index (κ1) is 20.2. The second-order valence-electron chi connectivity index (χ2n) is 8.05. The number of rotatable bonds is 4. The first-order chi connectivity index (χ1) is 12.2. The Morgan fingerprint density at radius 2 is 1.77 bits per heavy atom. The van der Waals surface area contributed by atoms with Crippen molar-refractivity contribution in [3.63, 3.8) is 0 Å². The van der Waals surface area contributed by atoms with Crippen molar-refractivity contribution in [1.29, 1.82) is 0 Å². The zero-order valence-corrected chi connectivity index (χ0v) is 16.5. The number of carbonyl (C=O) groups is 2. The molecule has 0 radical (unpaired) electrons. The highest BCUT2D eigenvalue weighted by Gasteiger charge is 2.24. The number of nitrogens with zero attached hydrogens (tertiary/aromatic N) is 1. The predicted molar refractivity (Wildman–Crippen MR) is 103 cm³/mol. The second-order valence-corrected chi connectivity index (χ2v) is 8.05. The van der Waals surface area contributed by atoms with Crippen LogP contribution in [0.2, 0.25) is 0 Å². The SMILES string of the molecule is CC(C)N1CCC(NC(=O)c2ccccc2NC(=O)OC(C)(C)C)CC1. The molecule has 26 heavy (non-hydrogen) atoms. The number of amides is 2. The molecule has 2 N–H and O–H groups in total. The molecule has 6 nitrogen and oxygen atoms in total. The Bertz CT molecular complexity index is 629. The summed E-state index contributed by atoms with van der Waals surface area (Å²) in [5.74, 6) is -0.167. The van der Waals surface area contributed by atoms with Gasteiger partial charge in [0.05, 0.1) is 11.3 Å². The molecular formula is C20H31N3O3. The highest BCUT2D eigenvalue weighted by atomic mass is 16.6. The lowest BCUT2D eigenvalue weighted by molar-refractivity contribution is 0.0636. The maximum atomic E-state index is 12.7. The van der Waals surface area contributed by atoms with Crippen molar-refractivity contribution in [3.8, 4) is 0 Å². The number of hydrogen-bond acceptors (Lipinski definition) is 4. The van der Waals surface area contributed by atoms with Gasteiger partial charge in [-0.15, -0.1) is 0 Å². The number of piperidine rings is 1. The van der Waals surface area contributed by atoms with Gasteiger partial charge in [-0.2, -0.15) is 0 Å². The summed E-state index contributed by atoms with van der Waals surface area (Å²) >= 11 is 0. The van der Waals surface area contributed by atoms with Gasteiger partial charge in [0.1, 0.15) is 5.60 Å². The van der Waals surface area contributed by atoms with E-state index in [2.05, 4.69) is 29.4 Å². The van der Waals surface area contributed by atoms with E-state index >= 15 is 0 Å². The molecule has 0 aliphatic carbocycles. The molecule has 0 aromatic heterocycles. The van der Waals surface area contributed by atoms with Gasteiger partial charge in [0.2, 0.25) is 0 Å². The minimum Gasteiger partial charge on any atom is -0.444 e. The molecule has 1 heterocycles. The minimum atomic E-state index is -0.592. The molecule has 0 saturated carbocycles. The summed E-state index contributed by atoms with van der Waals surface area (Å²) < 4.78 is 5.27. The third kappa shape index (κ3) is 6.02. The zero-order chi connectivity index (χ0) is 19.3. The van der Waals surface area contributed by atoms with Gasteiger partial charge in [0.25, 0.3) is 5.91 Å². The van der Waals surface area contributed by atoms with Gasteiger partial charge in [-0.05, 0) is 59.6 Å². The van der Waals surface area contributed by atoms with Crippen LogP contribution in [0, 0.1) is 0 Å². The molecular weight excluding hydrogens is 330 g/mol. The molecule has 0 atom stereocenters. The summed E-state index contributed by atoms with van der Waals surface area (Å²) in [4.78, 5) is 27.1. The van der Waals surface area contributed by atoms with Crippen molar-refractivity contribution >= 4 is 17.7 Å². The van der Waals surface area contributed by atoms with E-state index in [0.29, 0.717) is 17.3 Å². The first-order valence-corrected chi connectivity index (χ1v) is 9.29. The van der Waals surface area contributed by atoms with Crippen molar-refractivity contribution in [1.82, 2.24) is 10.2 Å². The van der Waals surface area contributed by atoms with Crippen LogP contribution in [0.5, 0.6) is 0 Å². The Morgan fingerprint density at radius 1 is 1.15 bits per heavy atom. The van der Waals surface area contributed by atoms with Gasteiger partial charge in [-0.3, -0.25) is 10.1 Å². The summed E-state index contributed by atoms with van der Waals surface area (Å²) in [6.45, 7) is 11.8. The molecule has 1 aliphatic rings. The number of para-hydroxylation sites is 1. The van der Waals surface area contributed by atoms with E-state index < -0.39 is 11.7 Å². The minimum absolute atomic E-state index is 0.159. The molecule has 1 aromatic rings. The third-order valence-corrected chi connectivity index (χ3v) is 4.40. The zero-order valence-electron chi connectivity index (χ0n) is 16.5. The predicted octanol–water partition coefficient (Wildman–Crippen LogP) is 3.64. The smallest absolute Gasteiger partial charge is 0.412 e. The fourth-order valence-corrected chi connectivity index (χ4v) is 3.03. The first-order valence-electron chi connectivity index (χ1n) is 9.29. The average molecular weight is 361 g/mol. The largest absolute Gasteiger partial charge is 0.444 e. The lowest BCUT2D eigenvalue weighted by Crippen LogP contribution is -2.46. The molecule has 1 aromatic carbocycles. The molecule has 144 valence electrons. The van der Waals surface area contributed by atoms with Crippen LogP contribution in [0.25, 0.3) is 0 Å². The highest BCUT2D eigenvalue weighted by Crippen LogP contribution is 2.19. The van der Waals surface area contributed by atoms with Crippen LogP contribution < -0.4 is 10.6 Å². The van der Waals surface area contributed by atoms with E-state index in [1.807, 2.05) is 0 Å². The number of hydrogen-bond donors (Lipinski definition) is 2. The number of likely N-dealkylation sites (tertiary alicyclic amines) is 1. The van der Waals surface area contributed by atoms with Gasteiger partial charge < -0.3 is 15.0 Å². The summed E-state index contributed by atoms with van der Waals surface area (Å²) in [5.41, 5.74) is 0.314. The Morgan fingerprint density at radius 3 is 2.35 bits per heavy atom. The van der Waals surface area contributed by atoms with Crippen molar-refractivity contribution in [3.05, 3.63) is 29.8 Å². The fourth-order valence-electron chi connectivity index (χ4n) is 3.03. The topological polar surface area (TPSA) is 70.7 Å². The Balaban J connectivity index is 1.98. The molecule has 0 spiro atoms. The number of anilines is 1. The molecule has 1 fully saturated rings. The van der Waals surface area contributed by atoms with E-state index in [1.165, 1.54) is 0 Å². The van der Waals surface area contributed by atoms with Gasteiger partial charge in [0, 0.05) is 25.2 Å². The van der Waals surface area contributed by atoms with E-state index in [1.54, 1.807) is 45.0 Å². The molecule has 0 bridgehead atoms. The van der Waals surface area contributed by atoms with E-state index in [0.717, 1.165) is 25.9 Å². The molecule has 1 saturated heterocycles. The normalized spacial score (nSPS) is 16.4. The van der Waals surface area contributed by atoms with Crippen LogP contribution in [0.1, 0.15) is 57.8 Å². The number of carbonyl (C=O) groups excluding carboxylic acids is 2. The van der Waals surface area contributed by atoms with Crippen LogP contribution in [0.3, 0.4) is 0 Å². The van der Waals surface area contributed by atoms with Crippen LogP contribution in [-0.4, -0.2) is 47.7 Å². The summed E-state index contributed by atoms with van der Waals surface area (Å²) in [6, 6.07) is 7.68. The third-order valence-electron chi connectivity index (χ3n) is 4.40. The Kier molecular flexibility index (Phi) is 6.64. The van der Waals surface area contributed by atoms with Crippen LogP contribution in [-0.2, 0) is 4.74 Å². The van der Waals surface area contributed by atoms with Gasteiger partial charge in [-0.1, -0.05) is 12.1 Å². The molecule has 2 rings (SSSR count). The van der Waals surface area contributed by atoms with Crippen molar-refractivity contribution in [2.24, 2.45) is 0 Å². The van der Waals surface area contributed by atoms with E-state index in [-0.39, 0.29) is 11.9 Å². The van der Waals surface area contributed by atoms with Crippen molar-refractivity contribution < 1.29 is 14.3 Å². The van der Waals surface area contributed by atoms with Gasteiger partial charge in [-0.25, -0.2) is 4.79 Å². The molecule has 1 aliphatic heterocycles. The van der Waals surface area contributed by atoms with E-state index in [4.69, 9.17) is 4.74 Å². The van der Waals surface area contributed by atoms with Gasteiger partial charge in [0.15, 0.2) is 0 Å². The van der Waals surface area contributed by atoms with Crippen LogP contribution in [0.4, 0.5) is 10.5 Å². The monoisotopic (exact) mass is 361 g/mol. The Labute approximate surface area is 156 Å².